The fraction of sp³-hybridized carbons (Fsp3) is 0.375. The number of halogens is 1. The molecule has 0 aliphatic heterocycles. The minimum absolute atomic E-state index is 0.135. The number of rotatable bonds is 2. The van der Waals surface area contributed by atoms with Crippen LogP contribution in [0.5, 0.6) is 0 Å². The van der Waals surface area contributed by atoms with E-state index in [1.54, 1.807) is 0 Å². The van der Waals surface area contributed by atoms with Crippen molar-refractivity contribution in [3.8, 4) is 0 Å². The van der Waals surface area contributed by atoms with Crippen molar-refractivity contribution in [2.24, 2.45) is 0 Å². The van der Waals surface area contributed by atoms with Gasteiger partial charge in [-0.25, -0.2) is 0 Å². The van der Waals surface area contributed by atoms with Crippen LogP contribution in [0.25, 0.3) is 0 Å². The maximum absolute atomic E-state index is 7.27. The lowest BCUT2D eigenvalue weighted by Gasteiger charge is -2.42. The van der Waals surface area contributed by atoms with Crippen LogP contribution in [0, 0.1) is 0 Å². The van der Waals surface area contributed by atoms with Gasteiger partial charge >= 0.3 is 0 Å². The monoisotopic (exact) mass is 276 g/mol. The summed E-state index contributed by atoms with van der Waals surface area (Å²) in [5.74, 6) is 0. The van der Waals surface area contributed by atoms with Gasteiger partial charge in [0.1, 0.15) is 0 Å². The molecule has 1 aliphatic rings. The number of allylic oxidation sites excluding steroid dienone is 4. The molecule has 1 aromatic rings. The van der Waals surface area contributed by atoms with Crippen LogP contribution >= 0.6 is 11.1 Å². The van der Waals surface area contributed by atoms with Crippen molar-refractivity contribution in [3.63, 3.8) is 0 Å². The summed E-state index contributed by atoms with van der Waals surface area (Å²) in [6.45, 7) is 6.85. The average Bonchev–Trinajstić information content (AvgIpc) is 2.38. The van der Waals surface area contributed by atoms with Gasteiger partial charge in [-0.15, -0.1) is 0 Å². The highest BCUT2D eigenvalue weighted by atomic mass is 35.6. The summed E-state index contributed by atoms with van der Waals surface area (Å²) in [5.41, 5.74) is 0.478. The van der Waals surface area contributed by atoms with E-state index in [2.05, 4.69) is 75.4 Å². The van der Waals surface area contributed by atoms with E-state index in [0.29, 0.717) is 5.54 Å². The Bertz CT molecular complexity index is 456. The molecule has 0 heterocycles. The van der Waals surface area contributed by atoms with Crippen LogP contribution in [0.4, 0.5) is 0 Å². The standard InChI is InChI=1S/C16H21ClSi/c1-16(2,3)18(17,14-10-6-4-7-11-14)15-12-8-5-9-13-15/h4-12,15H,13H2,1-3H3. The quantitative estimate of drug-likeness (QED) is 0.539. The molecule has 0 fully saturated rings. The van der Waals surface area contributed by atoms with Gasteiger partial charge in [0, 0.05) is 0 Å². The van der Waals surface area contributed by atoms with Gasteiger partial charge in [-0.2, -0.15) is 11.1 Å². The van der Waals surface area contributed by atoms with Gasteiger partial charge in [-0.1, -0.05) is 75.4 Å². The Morgan fingerprint density at radius 3 is 2.28 bits per heavy atom. The van der Waals surface area contributed by atoms with E-state index in [4.69, 9.17) is 11.1 Å². The van der Waals surface area contributed by atoms with Gasteiger partial charge in [-0.05, 0) is 22.2 Å². The van der Waals surface area contributed by atoms with Crippen molar-refractivity contribution in [2.45, 2.75) is 37.8 Å². The molecule has 1 aromatic carbocycles. The second-order valence-electron chi connectivity index (χ2n) is 5.98. The van der Waals surface area contributed by atoms with Crippen molar-refractivity contribution < 1.29 is 0 Å². The van der Waals surface area contributed by atoms with Crippen LogP contribution < -0.4 is 5.19 Å². The third-order valence-corrected chi connectivity index (χ3v) is 11.8. The van der Waals surface area contributed by atoms with E-state index in [9.17, 15) is 0 Å². The Morgan fingerprint density at radius 1 is 1.11 bits per heavy atom. The molecule has 2 atom stereocenters. The third-order valence-electron chi connectivity index (χ3n) is 3.78. The second-order valence-corrected chi connectivity index (χ2v) is 12.0. The van der Waals surface area contributed by atoms with E-state index in [-0.39, 0.29) is 5.04 Å². The number of hydrogen-bond donors (Lipinski definition) is 0. The highest BCUT2D eigenvalue weighted by molar-refractivity contribution is 7.29. The molecule has 2 heteroatoms. The first-order chi connectivity index (χ1) is 8.46. The van der Waals surface area contributed by atoms with Crippen LogP contribution in [0.1, 0.15) is 27.2 Å². The van der Waals surface area contributed by atoms with Gasteiger partial charge < -0.3 is 0 Å². The van der Waals surface area contributed by atoms with Crippen molar-refractivity contribution in [2.75, 3.05) is 0 Å². The predicted octanol–water partition coefficient (Wildman–Crippen LogP) is 4.76. The van der Waals surface area contributed by atoms with Gasteiger partial charge in [0.15, 0.2) is 7.38 Å². The fourth-order valence-corrected chi connectivity index (χ4v) is 7.54. The van der Waals surface area contributed by atoms with Crippen LogP contribution in [-0.2, 0) is 0 Å². The number of benzene rings is 1. The first-order valence-electron chi connectivity index (χ1n) is 6.54. The molecule has 0 bridgehead atoms. The normalized spacial score (nSPS) is 22.8. The van der Waals surface area contributed by atoms with Crippen molar-refractivity contribution in [1.29, 1.82) is 0 Å². The van der Waals surface area contributed by atoms with Gasteiger partial charge in [0.25, 0.3) is 0 Å². The zero-order valence-corrected chi connectivity index (χ0v) is 13.1. The summed E-state index contributed by atoms with van der Waals surface area (Å²) < 4.78 is 0. The van der Waals surface area contributed by atoms with Crippen LogP contribution in [0.2, 0.25) is 10.6 Å². The van der Waals surface area contributed by atoms with E-state index < -0.39 is 7.38 Å². The largest absolute Gasteiger partial charge is 0.199 e. The Balaban J connectivity index is 2.48. The van der Waals surface area contributed by atoms with Crippen LogP contribution in [0.15, 0.2) is 54.6 Å². The minimum Gasteiger partial charge on any atom is -0.160 e. The molecule has 0 spiro atoms. The Kier molecular flexibility index (Phi) is 3.84. The lowest BCUT2D eigenvalue weighted by Crippen LogP contribution is -2.53. The van der Waals surface area contributed by atoms with Crippen LogP contribution in [0.3, 0.4) is 0 Å². The molecular formula is C16H21ClSi. The Hall–Kier alpha value is -0.793. The van der Waals surface area contributed by atoms with E-state index in [1.165, 1.54) is 5.19 Å². The third kappa shape index (κ3) is 2.34. The van der Waals surface area contributed by atoms with Crippen molar-refractivity contribution in [1.82, 2.24) is 0 Å². The van der Waals surface area contributed by atoms with E-state index >= 15 is 0 Å². The lowest BCUT2D eigenvalue weighted by atomic mass is 10.2. The van der Waals surface area contributed by atoms with Gasteiger partial charge in [0.2, 0.25) is 0 Å². The first-order valence-corrected chi connectivity index (χ1v) is 9.63. The van der Waals surface area contributed by atoms with Gasteiger partial charge in [-0.3, -0.25) is 0 Å². The molecule has 0 aromatic heterocycles. The minimum atomic E-state index is -2.09. The summed E-state index contributed by atoms with van der Waals surface area (Å²) in [4.78, 5) is 0. The molecule has 0 N–H and O–H groups in total. The summed E-state index contributed by atoms with van der Waals surface area (Å²) in [6.07, 6.45) is 9.88. The second kappa shape index (κ2) is 5.06. The molecule has 0 amide bonds. The average molecular weight is 277 g/mol. The summed E-state index contributed by atoms with van der Waals surface area (Å²) in [7, 11) is -2.09. The lowest BCUT2D eigenvalue weighted by molar-refractivity contribution is 0.716. The number of hydrogen-bond acceptors (Lipinski definition) is 0. The molecule has 0 saturated heterocycles. The maximum atomic E-state index is 7.27. The molecule has 1 aliphatic carbocycles. The molecule has 0 nitrogen and oxygen atoms in total. The van der Waals surface area contributed by atoms with Crippen molar-refractivity contribution >= 4 is 23.6 Å². The summed E-state index contributed by atoms with van der Waals surface area (Å²) in [5, 5.41) is 1.49. The van der Waals surface area contributed by atoms with E-state index in [0.717, 1.165) is 6.42 Å². The summed E-state index contributed by atoms with van der Waals surface area (Å²) >= 11 is 7.27. The zero-order chi connectivity index (χ0) is 13.2. The van der Waals surface area contributed by atoms with E-state index in [1.807, 2.05) is 0 Å². The van der Waals surface area contributed by atoms with Gasteiger partial charge in [0.05, 0.1) is 0 Å². The molecule has 2 rings (SSSR count). The van der Waals surface area contributed by atoms with Crippen molar-refractivity contribution in [3.05, 3.63) is 54.6 Å². The highest BCUT2D eigenvalue weighted by Crippen LogP contribution is 2.48. The molecule has 0 saturated carbocycles. The first kappa shape index (κ1) is 13.6. The highest BCUT2D eigenvalue weighted by Gasteiger charge is 2.49. The Labute approximate surface area is 116 Å². The molecule has 2 unspecified atom stereocenters. The maximum Gasteiger partial charge on any atom is 0.199 e. The Morgan fingerprint density at radius 2 is 1.78 bits per heavy atom. The molecular weight excluding hydrogens is 256 g/mol. The smallest absolute Gasteiger partial charge is 0.160 e. The molecule has 18 heavy (non-hydrogen) atoms. The molecule has 0 radical (unpaired) electrons. The summed E-state index contributed by atoms with van der Waals surface area (Å²) in [6, 6.07) is 10.7. The predicted molar refractivity (Wildman–Crippen MR) is 84.0 cm³/mol. The topological polar surface area (TPSA) is 0 Å². The zero-order valence-electron chi connectivity index (χ0n) is 11.4. The SMILES string of the molecule is CC(C)(C)[Si](Cl)(c1ccccc1)C1C=CC=CC1. The van der Waals surface area contributed by atoms with Crippen LogP contribution in [-0.4, -0.2) is 7.38 Å². The fourth-order valence-electron chi connectivity index (χ4n) is 2.76. The molecule has 96 valence electrons.